The van der Waals surface area contributed by atoms with E-state index in [1.54, 1.807) is 48.5 Å². The van der Waals surface area contributed by atoms with Crippen LogP contribution in [0.4, 0.5) is 0 Å². The highest BCUT2D eigenvalue weighted by Gasteiger charge is 2.31. The van der Waals surface area contributed by atoms with E-state index in [4.69, 9.17) is 11.0 Å². The van der Waals surface area contributed by atoms with Crippen molar-refractivity contribution in [3.8, 4) is 6.07 Å². The first-order valence-electron chi connectivity index (χ1n) is 9.43. The highest BCUT2D eigenvalue weighted by Crippen LogP contribution is 2.23. The van der Waals surface area contributed by atoms with Gasteiger partial charge in [0, 0.05) is 19.1 Å². The van der Waals surface area contributed by atoms with Crippen LogP contribution in [0.3, 0.4) is 0 Å². The molecule has 1 aliphatic rings. The molecule has 1 unspecified atom stereocenters. The van der Waals surface area contributed by atoms with Crippen molar-refractivity contribution in [1.29, 1.82) is 5.26 Å². The van der Waals surface area contributed by atoms with E-state index >= 15 is 0 Å². The van der Waals surface area contributed by atoms with Gasteiger partial charge in [-0.15, -0.1) is 0 Å². The van der Waals surface area contributed by atoms with Gasteiger partial charge in [-0.1, -0.05) is 29.8 Å². The molecule has 1 aliphatic heterocycles. The van der Waals surface area contributed by atoms with Crippen molar-refractivity contribution in [3.63, 3.8) is 0 Å². The lowest BCUT2D eigenvalue weighted by molar-refractivity contribution is -0.120. The molecule has 0 saturated carbocycles. The number of nitriles is 1. The van der Waals surface area contributed by atoms with E-state index in [9.17, 15) is 13.2 Å². The van der Waals surface area contributed by atoms with Crippen LogP contribution < -0.4 is 11.1 Å². The summed E-state index contributed by atoms with van der Waals surface area (Å²) in [6.45, 7) is 2.65. The summed E-state index contributed by atoms with van der Waals surface area (Å²) in [6, 6.07) is 14.8. The summed E-state index contributed by atoms with van der Waals surface area (Å²) in [5, 5.41) is 12.2. The van der Waals surface area contributed by atoms with E-state index in [0.717, 1.165) is 5.56 Å². The molecule has 8 heteroatoms. The van der Waals surface area contributed by atoms with Crippen LogP contribution in [0.2, 0.25) is 0 Å². The van der Waals surface area contributed by atoms with Gasteiger partial charge in [-0.25, -0.2) is 8.42 Å². The van der Waals surface area contributed by atoms with Gasteiger partial charge in [0.25, 0.3) is 0 Å². The minimum absolute atomic E-state index is 0.0346. The van der Waals surface area contributed by atoms with Gasteiger partial charge < -0.3 is 5.73 Å². The molecule has 0 aliphatic carbocycles. The average Bonchev–Trinajstić information content (AvgIpc) is 2.72. The van der Waals surface area contributed by atoms with Gasteiger partial charge in [0.15, 0.2) is 0 Å². The third kappa shape index (κ3) is 4.82. The lowest BCUT2D eigenvalue weighted by Gasteiger charge is -2.33. The molecule has 7 nitrogen and oxygen atoms in total. The fourth-order valence-electron chi connectivity index (χ4n) is 3.45. The first-order chi connectivity index (χ1) is 13.8. The topological polar surface area (TPSA) is 116 Å². The molecule has 1 heterocycles. The van der Waals surface area contributed by atoms with Crippen molar-refractivity contribution in [2.75, 3.05) is 13.1 Å². The first-order valence-corrected chi connectivity index (χ1v) is 10.9. The zero-order valence-electron chi connectivity index (χ0n) is 16.2. The van der Waals surface area contributed by atoms with Crippen LogP contribution in [0, 0.1) is 18.3 Å². The summed E-state index contributed by atoms with van der Waals surface area (Å²) in [5.74, 6) is -0.510. The van der Waals surface area contributed by atoms with Crippen LogP contribution in [0.5, 0.6) is 0 Å². The Morgan fingerprint density at radius 2 is 1.72 bits per heavy atom. The second kappa shape index (κ2) is 8.74. The molecule has 1 amide bonds. The molecule has 2 aromatic rings. The maximum absolute atomic E-state index is 12.8. The Hall–Kier alpha value is -2.73. The fourth-order valence-corrected chi connectivity index (χ4v) is 4.92. The van der Waals surface area contributed by atoms with Crippen molar-refractivity contribution in [3.05, 3.63) is 65.2 Å². The number of sulfonamides is 1. The molecular weight excluding hydrogens is 388 g/mol. The zero-order chi connectivity index (χ0) is 21.0. The second-order valence-electron chi connectivity index (χ2n) is 7.23. The monoisotopic (exact) mass is 412 g/mol. The van der Waals surface area contributed by atoms with E-state index < -0.39 is 22.0 Å². The summed E-state index contributed by atoms with van der Waals surface area (Å²) >= 11 is 0. The number of hydrogen-bond acceptors (Lipinski definition) is 5. The highest BCUT2D eigenvalue weighted by atomic mass is 32.2. The molecule has 1 fully saturated rings. The number of piperidine rings is 1. The molecule has 0 radical (unpaired) electrons. The molecular formula is C21H24N4O3S. The van der Waals surface area contributed by atoms with Crippen LogP contribution in [0.1, 0.15) is 35.6 Å². The maximum Gasteiger partial charge on any atom is 0.243 e. The summed E-state index contributed by atoms with van der Waals surface area (Å²) in [7, 11) is -3.52. The van der Waals surface area contributed by atoms with E-state index in [2.05, 4.69) is 5.32 Å². The van der Waals surface area contributed by atoms with Crippen molar-refractivity contribution < 1.29 is 13.2 Å². The number of carbonyl (C=O) groups is 1. The van der Waals surface area contributed by atoms with Crippen molar-refractivity contribution >= 4 is 15.9 Å². The Labute approximate surface area is 171 Å². The number of carbonyl (C=O) groups excluding carboxylic acids is 1. The minimum atomic E-state index is -3.52. The molecule has 1 saturated heterocycles. The van der Waals surface area contributed by atoms with Gasteiger partial charge in [0.05, 0.1) is 16.5 Å². The maximum atomic E-state index is 12.8. The smallest absolute Gasteiger partial charge is 0.243 e. The minimum Gasteiger partial charge on any atom is -0.368 e. The molecule has 2 aromatic carbocycles. The van der Waals surface area contributed by atoms with Crippen molar-refractivity contribution in [2.24, 2.45) is 5.73 Å². The Morgan fingerprint density at radius 3 is 2.24 bits per heavy atom. The number of rotatable bonds is 6. The van der Waals surface area contributed by atoms with E-state index in [0.29, 0.717) is 42.0 Å². The molecule has 1 atom stereocenters. The molecule has 0 bridgehead atoms. The standard InChI is InChI=1S/C21H24N4O3S/c1-15-2-8-19(9-3-15)29(27,28)25-12-10-18(11-13-25)24-20(21(23)26)17-6-4-16(14-22)5-7-17/h2-9,18,20,24H,10-13H2,1H3,(H2,23,26). The number of primary amides is 1. The summed E-state index contributed by atoms with van der Waals surface area (Å²) in [6.07, 6.45) is 1.15. The molecule has 152 valence electrons. The van der Waals surface area contributed by atoms with Crippen molar-refractivity contribution in [2.45, 2.75) is 36.7 Å². The largest absolute Gasteiger partial charge is 0.368 e. The predicted molar refractivity (Wildman–Crippen MR) is 109 cm³/mol. The van der Waals surface area contributed by atoms with E-state index in [1.165, 1.54) is 4.31 Å². The molecule has 0 spiro atoms. The van der Waals surface area contributed by atoms with Gasteiger partial charge in [-0.2, -0.15) is 9.57 Å². The van der Waals surface area contributed by atoms with Gasteiger partial charge in [-0.3, -0.25) is 10.1 Å². The van der Waals surface area contributed by atoms with Gasteiger partial charge >= 0.3 is 0 Å². The summed E-state index contributed by atoms with van der Waals surface area (Å²) in [5.41, 5.74) is 7.77. The lowest BCUT2D eigenvalue weighted by atomic mass is 10.0. The zero-order valence-corrected chi connectivity index (χ0v) is 17.0. The van der Waals surface area contributed by atoms with Crippen LogP contribution >= 0.6 is 0 Å². The van der Waals surface area contributed by atoms with Crippen LogP contribution in [0.15, 0.2) is 53.4 Å². The van der Waals surface area contributed by atoms with E-state index in [1.807, 2.05) is 13.0 Å². The predicted octanol–water partition coefficient (Wildman–Crippen LogP) is 1.84. The average molecular weight is 413 g/mol. The summed E-state index contributed by atoms with van der Waals surface area (Å²) < 4.78 is 27.1. The van der Waals surface area contributed by atoms with Gasteiger partial charge in [0.2, 0.25) is 15.9 Å². The quantitative estimate of drug-likeness (QED) is 0.751. The summed E-state index contributed by atoms with van der Waals surface area (Å²) in [4.78, 5) is 12.2. The van der Waals surface area contributed by atoms with Crippen LogP contribution in [0.25, 0.3) is 0 Å². The number of amides is 1. The number of nitrogens with zero attached hydrogens (tertiary/aromatic N) is 2. The second-order valence-corrected chi connectivity index (χ2v) is 9.17. The first kappa shape index (κ1) is 21.0. The lowest BCUT2D eigenvalue weighted by Crippen LogP contribution is -2.47. The third-order valence-electron chi connectivity index (χ3n) is 5.17. The molecule has 29 heavy (non-hydrogen) atoms. The number of aryl methyl sites for hydroxylation is 1. The van der Waals surface area contributed by atoms with Crippen LogP contribution in [-0.2, 0) is 14.8 Å². The van der Waals surface area contributed by atoms with Gasteiger partial charge in [0.1, 0.15) is 6.04 Å². The number of hydrogen-bond donors (Lipinski definition) is 2. The third-order valence-corrected chi connectivity index (χ3v) is 7.09. The Balaban J connectivity index is 1.65. The molecule has 3 N–H and O–H groups in total. The number of benzene rings is 2. The number of nitrogens with one attached hydrogen (secondary N) is 1. The Morgan fingerprint density at radius 1 is 1.14 bits per heavy atom. The Kier molecular flexibility index (Phi) is 6.33. The van der Waals surface area contributed by atoms with Crippen LogP contribution in [-0.4, -0.2) is 37.8 Å². The fraction of sp³-hybridized carbons (Fsp3) is 0.333. The van der Waals surface area contributed by atoms with E-state index in [-0.39, 0.29) is 6.04 Å². The van der Waals surface area contributed by atoms with Crippen molar-refractivity contribution in [1.82, 2.24) is 9.62 Å². The normalized spacial score (nSPS) is 16.8. The SMILES string of the molecule is Cc1ccc(S(=O)(=O)N2CCC(NC(C(N)=O)c3ccc(C#N)cc3)CC2)cc1. The molecule has 3 rings (SSSR count). The Bertz CT molecular complexity index is 1000. The number of nitrogens with two attached hydrogens (primary N) is 1. The molecule has 0 aromatic heterocycles. The highest BCUT2D eigenvalue weighted by molar-refractivity contribution is 7.89. The van der Waals surface area contributed by atoms with Gasteiger partial charge in [-0.05, 0) is 49.6 Å².